The quantitative estimate of drug-likeness (QED) is 0.261. The molecule has 1 aliphatic heterocycles. The highest BCUT2D eigenvalue weighted by molar-refractivity contribution is 6.49. The summed E-state index contributed by atoms with van der Waals surface area (Å²) in [6.45, 7) is 0. The summed E-state index contributed by atoms with van der Waals surface area (Å²) >= 11 is 0. The first-order valence-electron chi connectivity index (χ1n) is 11.8. The maximum absolute atomic E-state index is 6.22. The Balaban J connectivity index is 1.39. The van der Waals surface area contributed by atoms with Gasteiger partial charge in [-0.1, -0.05) is 66.7 Å². The summed E-state index contributed by atoms with van der Waals surface area (Å²) in [6.07, 6.45) is 0. The molecule has 164 valence electrons. The van der Waals surface area contributed by atoms with E-state index in [4.69, 9.17) is 9.31 Å². The predicted octanol–water partition coefficient (Wildman–Crippen LogP) is 7.20. The van der Waals surface area contributed by atoms with Gasteiger partial charge < -0.3 is 18.4 Å². The third kappa shape index (κ3) is 2.58. The topological polar surface area (TPSA) is 28.3 Å². The maximum atomic E-state index is 6.22. The maximum Gasteiger partial charge on any atom is 0.743 e. The first-order valence-corrected chi connectivity index (χ1v) is 11.8. The second-order valence-electron chi connectivity index (χ2n) is 8.95. The van der Waals surface area contributed by atoms with Crippen molar-refractivity contribution in [3.63, 3.8) is 0 Å². The van der Waals surface area contributed by atoms with Crippen LogP contribution in [-0.4, -0.2) is 16.3 Å². The van der Waals surface area contributed by atoms with E-state index in [9.17, 15) is 0 Å². The van der Waals surface area contributed by atoms with Crippen LogP contribution < -0.4 is 9.31 Å². The molecule has 0 spiro atoms. The summed E-state index contributed by atoms with van der Waals surface area (Å²) in [5.41, 5.74) is 5.70. The molecule has 3 heterocycles. The lowest BCUT2D eigenvalue weighted by atomic mass is 10.1. The largest absolute Gasteiger partial charge is 0.743 e. The lowest BCUT2D eigenvalue weighted by Crippen LogP contribution is -2.34. The van der Waals surface area contributed by atoms with Gasteiger partial charge in [-0.15, -0.1) is 0 Å². The fourth-order valence-corrected chi connectivity index (χ4v) is 5.55. The molecular weight excluding hydrogens is 431 g/mol. The number of para-hydroxylation sites is 5. The Hall–Kier alpha value is -4.64. The zero-order chi connectivity index (χ0) is 22.9. The van der Waals surface area contributed by atoms with E-state index in [2.05, 4.69) is 100 Å². The van der Waals surface area contributed by atoms with Gasteiger partial charge >= 0.3 is 7.25 Å². The van der Waals surface area contributed by atoms with Crippen molar-refractivity contribution in [2.24, 2.45) is 0 Å². The highest BCUT2D eigenvalue weighted by Crippen LogP contribution is 2.38. The van der Waals surface area contributed by atoms with Gasteiger partial charge in [0.05, 0.1) is 11.0 Å². The zero-order valence-electron chi connectivity index (χ0n) is 18.8. The van der Waals surface area contributed by atoms with Crippen LogP contribution in [0.3, 0.4) is 0 Å². The smallest absolute Gasteiger partial charge is 0.503 e. The van der Waals surface area contributed by atoms with Gasteiger partial charge in [0.1, 0.15) is 11.5 Å². The van der Waals surface area contributed by atoms with Crippen molar-refractivity contribution in [1.82, 2.24) is 9.05 Å². The minimum Gasteiger partial charge on any atom is -0.503 e. The van der Waals surface area contributed by atoms with Crippen molar-refractivity contribution in [1.29, 1.82) is 0 Å². The first-order chi connectivity index (χ1) is 17.4. The average Bonchev–Trinajstić information content (AvgIpc) is 3.58. The molecule has 0 unspecified atom stereocenters. The molecule has 4 nitrogen and oxygen atoms in total. The Morgan fingerprint density at radius 1 is 0.457 bits per heavy atom. The third-order valence-electron chi connectivity index (χ3n) is 7.05. The lowest BCUT2D eigenvalue weighted by molar-refractivity contribution is 0.486. The van der Waals surface area contributed by atoms with Crippen LogP contribution in [0.5, 0.6) is 11.5 Å². The number of aromatic nitrogens is 2. The van der Waals surface area contributed by atoms with Gasteiger partial charge in [-0.2, -0.15) is 0 Å². The molecule has 7 aromatic rings. The normalized spacial score (nSPS) is 13.0. The molecule has 5 aromatic carbocycles. The molecule has 0 atom stereocenters. The highest BCUT2D eigenvalue weighted by atomic mass is 16.6. The van der Waals surface area contributed by atoms with Crippen molar-refractivity contribution in [3.05, 3.63) is 115 Å². The summed E-state index contributed by atoms with van der Waals surface area (Å²) < 4.78 is 17.0. The Morgan fingerprint density at radius 3 is 1.57 bits per heavy atom. The summed E-state index contributed by atoms with van der Waals surface area (Å²) in [5.74, 6) is 1.54. The van der Waals surface area contributed by atoms with E-state index in [0.717, 1.165) is 28.2 Å². The molecule has 0 saturated heterocycles. The van der Waals surface area contributed by atoms with Gasteiger partial charge in [0.25, 0.3) is 0 Å². The van der Waals surface area contributed by atoms with Gasteiger partial charge in [-0.25, -0.2) is 0 Å². The van der Waals surface area contributed by atoms with Crippen LogP contribution in [0.25, 0.3) is 49.3 Å². The lowest BCUT2D eigenvalue weighted by Gasteiger charge is -2.11. The average molecular weight is 450 g/mol. The van der Waals surface area contributed by atoms with Gasteiger partial charge in [0.2, 0.25) is 0 Å². The Labute approximate surface area is 201 Å². The number of nitrogens with zero attached hydrogens (tertiary/aromatic N) is 2. The second kappa shape index (κ2) is 6.94. The first kappa shape index (κ1) is 18.8. The monoisotopic (exact) mass is 450 g/mol. The number of hydrogen-bond donors (Lipinski definition) is 0. The van der Waals surface area contributed by atoms with E-state index in [1.807, 2.05) is 24.3 Å². The molecule has 0 N–H and O–H groups in total. The molecular formula is C30H19BN2O2. The summed E-state index contributed by atoms with van der Waals surface area (Å²) in [5, 5.41) is 4.86. The number of fused-ring (bicyclic) bond motifs is 7. The second-order valence-corrected chi connectivity index (χ2v) is 8.95. The summed E-state index contributed by atoms with van der Waals surface area (Å²) in [4.78, 5) is 0. The van der Waals surface area contributed by atoms with Crippen LogP contribution in [0.15, 0.2) is 115 Å². The van der Waals surface area contributed by atoms with Crippen LogP contribution in [0.4, 0.5) is 0 Å². The fourth-order valence-electron chi connectivity index (χ4n) is 5.55. The number of benzene rings is 5. The Bertz CT molecular complexity index is 1860. The molecule has 0 saturated carbocycles. The zero-order valence-corrected chi connectivity index (χ0v) is 18.8. The predicted molar refractivity (Wildman–Crippen MR) is 143 cm³/mol. The number of hydrogen-bond acceptors (Lipinski definition) is 2. The van der Waals surface area contributed by atoms with Crippen LogP contribution in [0.1, 0.15) is 0 Å². The van der Waals surface area contributed by atoms with E-state index < -0.39 is 7.25 Å². The van der Waals surface area contributed by atoms with E-state index in [-0.39, 0.29) is 0 Å². The molecule has 2 aromatic heterocycles. The Morgan fingerprint density at radius 2 is 0.943 bits per heavy atom. The van der Waals surface area contributed by atoms with Crippen molar-refractivity contribution in [2.45, 2.75) is 0 Å². The van der Waals surface area contributed by atoms with E-state index in [1.165, 1.54) is 32.6 Å². The van der Waals surface area contributed by atoms with E-state index in [0.29, 0.717) is 0 Å². The highest BCUT2D eigenvalue weighted by Gasteiger charge is 2.37. The van der Waals surface area contributed by atoms with Gasteiger partial charge in [0, 0.05) is 38.3 Å². The third-order valence-corrected chi connectivity index (χ3v) is 7.05. The Kier molecular flexibility index (Phi) is 3.72. The van der Waals surface area contributed by atoms with E-state index >= 15 is 0 Å². The van der Waals surface area contributed by atoms with Crippen LogP contribution >= 0.6 is 0 Å². The molecule has 0 amide bonds. The molecule has 0 fully saturated rings. The standard InChI is InChI=1S/C30H19BN2O2/c1-4-12-25-21(9-1)22-10-2-5-13-26(22)32(25)20-17-18-28-24(19-20)23-11-3-6-14-27(23)33(28)31-34-29-15-7-8-16-30(29)35-31/h1-19H. The minimum absolute atomic E-state index is 0.547. The molecule has 35 heavy (non-hydrogen) atoms. The van der Waals surface area contributed by atoms with Crippen molar-refractivity contribution >= 4 is 50.9 Å². The van der Waals surface area contributed by atoms with Crippen LogP contribution in [-0.2, 0) is 0 Å². The minimum atomic E-state index is -0.547. The summed E-state index contributed by atoms with van der Waals surface area (Å²) in [6, 6.07) is 40.2. The molecule has 0 aliphatic carbocycles. The molecule has 0 bridgehead atoms. The van der Waals surface area contributed by atoms with Gasteiger partial charge in [-0.3, -0.25) is 0 Å². The molecule has 0 radical (unpaired) electrons. The fraction of sp³-hybridized carbons (Fsp3) is 0. The summed E-state index contributed by atoms with van der Waals surface area (Å²) in [7, 11) is -0.547. The van der Waals surface area contributed by atoms with Gasteiger partial charge in [0.15, 0.2) is 0 Å². The van der Waals surface area contributed by atoms with Crippen LogP contribution in [0, 0.1) is 0 Å². The van der Waals surface area contributed by atoms with Crippen molar-refractivity contribution in [2.75, 3.05) is 0 Å². The molecule has 5 heteroatoms. The van der Waals surface area contributed by atoms with Crippen molar-refractivity contribution < 1.29 is 9.31 Å². The molecule has 1 aliphatic rings. The van der Waals surface area contributed by atoms with Crippen LogP contribution in [0.2, 0.25) is 0 Å². The SMILES string of the molecule is c1ccc2c(c1)OB(n1c3ccccc3c3cc(-n4c5ccccc5c5ccccc54)ccc31)O2. The number of rotatable bonds is 2. The molecule has 8 rings (SSSR count). The van der Waals surface area contributed by atoms with E-state index in [1.54, 1.807) is 0 Å². The van der Waals surface area contributed by atoms with Crippen molar-refractivity contribution in [3.8, 4) is 17.2 Å². The van der Waals surface area contributed by atoms with Gasteiger partial charge in [-0.05, 0) is 48.5 Å².